The summed E-state index contributed by atoms with van der Waals surface area (Å²) in [6.07, 6.45) is 0.240. The van der Waals surface area contributed by atoms with E-state index in [4.69, 9.17) is 9.47 Å². The lowest BCUT2D eigenvalue weighted by Gasteiger charge is -2.34. The molecule has 2 amide bonds. The van der Waals surface area contributed by atoms with Crippen LogP contribution in [-0.2, 0) is 32.6 Å². The molecule has 0 aliphatic carbocycles. The van der Waals surface area contributed by atoms with Crippen LogP contribution in [0.2, 0.25) is 0 Å². The Kier molecular flexibility index (Phi) is 11.2. The van der Waals surface area contributed by atoms with Crippen molar-refractivity contribution in [3.05, 3.63) is 120 Å². The fourth-order valence-electron chi connectivity index (χ4n) is 5.04. The number of aryl methyl sites for hydroxylation is 1. The number of likely N-dealkylation sites (N-methyl/N-ethyl adjacent to an activating group) is 1. The smallest absolute Gasteiger partial charge is 0.264 e. The van der Waals surface area contributed by atoms with E-state index in [0.717, 1.165) is 21.0 Å². The number of hydrogen-bond acceptors (Lipinski definition) is 6. The minimum atomic E-state index is -4.29. The standard InChI is InChI=1S/C35H39N3O6S/c1-5-36-35(40)32(23-27-14-7-6-8-15-27)37(24-28-16-10-9-13-26(28)2)34(39)25-38(31-17-11-12-18-33(31)44-4)45(41,42)30-21-19-29(43-3)20-22-30/h6-22,32H,5,23-25H2,1-4H3,(H,36,40). The number of para-hydroxylation sites is 2. The number of sulfonamides is 1. The number of hydrogen-bond donors (Lipinski definition) is 1. The van der Waals surface area contributed by atoms with E-state index in [1.54, 1.807) is 36.4 Å². The molecule has 4 aromatic carbocycles. The molecular weight excluding hydrogens is 590 g/mol. The van der Waals surface area contributed by atoms with Gasteiger partial charge in [0.05, 0.1) is 24.8 Å². The highest BCUT2D eigenvalue weighted by atomic mass is 32.2. The van der Waals surface area contributed by atoms with Crippen LogP contribution in [0.15, 0.2) is 108 Å². The number of amides is 2. The minimum absolute atomic E-state index is 0.0305. The van der Waals surface area contributed by atoms with Crippen LogP contribution in [0.5, 0.6) is 11.5 Å². The molecule has 9 nitrogen and oxygen atoms in total. The summed E-state index contributed by atoms with van der Waals surface area (Å²) in [6.45, 7) is 3.64. The second kappa shape index (κ2) is 15.3. The van der Waals surface area contributed by atoms with Gasteiger partial charge in [-0.15, -0.1) is 0 Å². The quantitative estimate of drug-likeness (QED) is 0.211. The highest BCUT2D eigenvalue weighted by Crippen LogP contribution is 2.33. The summed E-state index contributed by atoms with van der Waals surface area (Å²) in [5.41, 5.74) is 2.84. The van der Waals surface area contributed by atoms with Crippen molar-refractivity contribution >= 4 is 27.5 Å². The molecule has 45 heavy (non-hydrogen) atoms. The van der Waals surface area contributed by atoms with Crippen LogP contribution in [0.25, 0.3) is 0 Å². The zero-order chi connectivity index (χ0) is 32.4. The molecule has 0 saturated carbocycles. The zero-order valence-electron chi connectivity index (χ0n) is 26.0. The second-order valence-corrected chi connectivity index (χ2v) is 12.3. The average molecular weight is 630 g/mol. The normalized spacial score (nSPS) is 11.7. The Hall–Kier alpha value is -4.83. The fourth-order valence-corrected chi connectivity index (χ4v) is 6.47. The van der Waals surface area contributed by atoms with Gasteiger partial charge in [0.15, 0.2) is 0 Å². The topological polar surface area (TPSA) is 105 Å². The molecule has 4 rings (SSSR count). The Balaban J connectivity index is 1.83. The first-order chi connectivity index (χ1) is 21.7. The third kappa shape index (κ3) is 8.02. The van der Waals surface area contributed by atoms with Crippen LogP contribution in [-0.4, -0.2) is 58.5 Å². The predicted molar refractivity (Wildman–Crippen MR) is 175 cm³/mol. The number of methoxy groups -OCH3 is 2. The van der Waals surface area contributed by atoms with Gasteiger partial charge >= 0.3 is 0 Å². The highest BCUT2D eigenvalue weighted by molar-refractivity contribution is 7.92. The van der Waals surface area contributed by atoms with Gasteiger partial charge in [-0.25, -0.2) is 8.42 Å². The summed E-state index contributed by atoms with van der Waals surface area (Å²) < 4.78 is 40.3. The lowest BCUT2D eigenvalue weighted by atomic mass is 10.0. The van der Waals surface area contributed by atoms with Crippen LogP contribution in [0.4, 0.5) is 5.69 Å². The second-order valence-electron chi connectivity index (χ2n) is 10.4. The van der Waals surface area contributed by atoms with E-state index in [1.165, 1.54) is 31.3 Å². The van der Waals surface area contributed by atoms with Gasteiger partial charge in [-0.2, -0.15) is 0 Å². The molecule has 0 spiro atoms. The molecule has 10 heteroatoms. The average Bonchev–Trinajstić information content (AvgIpc) is 3.06. The number of nitrogens with zero attached hydrogens (tertiary/aromatic N) is 2. The SMILES string of the molecule is CCNC(=O)C(Cc1ccccc1)N(Cc1ccccc1C)C(=O)CN(c1ccccc1OC)S(=O)(=O)c1ccc(OC)cc1. The Bertz CT molecular complexity index is 1690. The molecule has 4 aromatic rings. The number of anilines is 1. The third-order valence-electron chi connectivity index (χ3n) is 7.50. The molecule has 0 heterocycles. The molecule has 1 unspecified atom stereocenters. The van der Waals surface area contributed by atoms with E-state index >= 15 is 0 Å². The summed E-state index contributed by atoms with van der Waals surface area (Å²) in [4.78, 5) is 29.6. The van der Waals surface area contributed by atoms with Crippen LogP contribution in [0.3, 0.4) is 0 Å². The van der Waals surface area contributed by atoms with E-state index in [1.807, 2.05) is 68.4 Å². The largest absolute Gasteiger partial charge is 0.497 e. The summed E-state index contributed by atoms with van der Waals surface area (Å²) in [5.74, 6) is -0.111. The van der Waals surface area contributed by atoms with Crippen molar-refractivity contribution in [3.8, 4) is 11.5 Å². The van der Waals surface area contributed by atoms with E-state index in [0.29, 0.717) is 12.3 Å². The van der Waals surface area contributed by atoms with Crippen LogP contribution < -0.4 is 19.1 Å². The van der Waals surface area contributed by atoms with Gasteiger partial charge in [-0.05, 0) is 66.9 Å². The maximum atomic E-state index is 14.5. The van der Waals surface area contributed by atoms with E-state index < -0.39 is 28.5 Å². The maximum absolute atomic E-state index is 14.5. The number of ether oxygens (including phenoxy) is 2. The molecule has 1 N–H and O–H groups in total. The molecule has 236 valence electrons. The van der Waals surface area contributed by atoms with Crippen molar-refractivity contribution in [2.75, 3.05) is 31.6 Å². The third-order valence-corrected chi connectivity index (χ3v) is 9.28. The first kappa shape index (κ1) is 33.1. The Morgan fingerprint density at radius 2 is 1.47 bits per heavy atom. The summed E-state index contributed by atoms with van der Waals surface area (Å²) in [7, 11) is -1.35. The van der Waals surface area contributed by atoms with Crippen LogP contribution >= 0.6 is 0 Å². The predicted octanol–water partition coefficient (Wildman–Crippen LogP) is 4.98. The molecular formula is C35H39N3O6S. The van der Waals surface area contributed by atoms with Crippen molar-refractivity contribution in [2.45, 2.75) is 37.8 Å². The fraction of sp³-hybridized carbons (Fsp3) is 0.257. The molecule has 0 saturated heterocycles. The van der Waals surface area contributed by atoms with E-state index in [9.17, 15) is 18.0 Å². The molecule has 0 bridgehead atoms. The molecule has 0 aliphatic rings. The van der Waals surface area contributed by atoms with Gasteiger partial charge in [0.2, 0.25) is 11.8 Å². The monoisotopic (exact) mass is 629 g/mol. The number of rotatable bonds is 14. The summed E-state index contributed by atoms with van der Waals surface area (Å²) in [6, 6.07) is 28.7. The van der Waals surface area contributed by atoms with Gasteiger partial charge in [0.1, 0.15) is 24.1 Å². The number of carbonyl (C=O) groups is 2. The van der Waals surface area contributed by atoms with Crippen molar-refractivity contribution in [1.82, 2.24) is 10.2 Å². The van der Waals surface area contributed by atoms with Crippen LogP contribution in [0, 0.1) is 6.92 Å². The van der Waals surface area contributed by atoms with Crippen molar-refractivity contribution in [2.24, 2.45) is 0 Å². The Labute approximate surface area is 265 Å². The Morgan fingerprint density at radius 3 is 2.11 bits per heavy atom. The van der Waals surface area contributed by atoms with Gasteiger partial charge in [-0.3, -0.25) is 13.9 Å². The minimum Gasteiger partial charge on any atom is -0.497 e. The van der Waals surface area contributed by atoms with Crippen molar-refractivity contribution in [3.63, 3.8) is 0 Å². The number of benzene rings is 4. The van der Waals surface area contributed by atoms with E-state index in [2.05, 4.69) is 5.32 Å². The van der Waals surface area contributed by atoms with Crippen molar-refractivity contribution in [1.29, 1.82) is 0 Å². The van der Waals surface area contributed by atoms with Gasteiger partial charge in [-0.1, -0.05) is 66.7 Å². The number of nitrogens with one attached hydrogen (secondary N) is 1. The van der Waals surface area contributed by atoms with E-state index in [-0.39, 0.29) is 35.2 Å². The number of carbonyl (C=O) groups excluding carboxylic acids is 2. The summed E-state index contributed by atoms with van der Waals surface area (Å²) in [5, 5.41) is 2.88. The maximum Gasteiger partial charge on any atom is 0.264 e. The van der Waals surface area contributed by atoms with Gasteiger partial charge in [0, 0.05) is 19.5 Å². The Morgan fingerprint density at radius 1 is 0.822 bits per heavy atom. The van der Waals surface area contributed by atoms with Crippen LogP contribution in [0.1, 0.15) is 23.6 Å². The highest BCUT2D eigenvalue weighted by Gasteiger charge is 2.35. The molecule has 0 aliphatic heterocycles. The van der Waals surface area contributed by atoms with Gasteiger partial charge in [0.25, 0.3) is 10.0 Å². The van der Waals surface area contributed by atoms with Crippen molar-refractivity contribution < 1.29 is 27.5 Å². The first-order valence-electron chi connectivity index (χ1n) is 14.6. The molecule has 1 atom stereocenters. The molecule has 0 radical (unpaired) electrons. The lowest BCUT2D eigenvalue weighted by Crippen LogP contribution is -2.53. The summed E-state index contributed by atoms with van der Waals surface area (Å²) >= 11 is 0. The molecule has 0 fully saturated rings. The lowest BCUT2D eigenvalue weighted by molar-refractivity contribution is -0.140. The van der Waals surface area contributed by atoms with Gasteiger partial charge < -0.3 is 19.7 Å². The zero-order valence-corrected chi connectivity index (χ0v) is 26.8. The first-order valence-corrected chi connectivity index (χ1v) is 16.1. The molecule has 0 aromatic heterocycles.